The second kappa shape index (κ2) is 14.4. The normalized spacial score (nSPS) is 13.9. The number of fused-ring (bicyclic) bond motifs is 1. The molecule has 2 amide bonds. The molecule has 0 spiro atoms. The van der Waals surface area contributed by atoms with Gasteiger partial charge in [-0.3, -0.25) is 23.6 Å². The predicted octanol–water partition coefficient (Wildman–Crippen LogP) is 5.33. The van der Waals surface area contributed by atoms with Gasteiger partial charge in [0.05, 0.1) is 16.4 Å². The van der Waals surface area contributed by atoms with Crippen LogP contribution >= 0.6 is 27.5 Å². The number of rotatable bonds is 11. The Morgan fingerprint density at radius 3 is 2.42 bits per heavy atom. The fourth-order valence-corrected chi connectivity index (χ4v) is 5.59. The summed E-state index contributed by atoms with van der Waals surface area (Å²) in [4.78, 5) is 40.9. The van der Waals surface area contributed by atoms with Crippen LogP contribution in [0.25, 0.3) is 5.69 Å². The van der Waals surface area contributed by atoms with Gasteiger partial charge in [-0.2, -0.15) is 13.2 Å². The number of amides is 2. The topological polar surface area (TPSA) is 121 Å². The Morgan fingerprint density at radius 2 is 1.77 bits per heavy atom. The van der Waals surface area contributed by atoms with Crippen LogP contribution in [0.4, 0.5) is 17.6 Å². The minimum Gasteiger partial charge on any atom is -0.484 e. The molecule has 1 aromatic heterocycles. The number of alkyl halides is 3. The molecule has 3 N–H and O–H groups in total. The highest BCUT2D eigenvalue weighted by atomic mass is 79.9. The minimum atomic E-state index is -4.54. The lowest BCUT2D eigenvalue weighted by atomic mass is 10.1. The van der Waals surface area contributed by atoms with E-state index < -0.39 is 42.2 Å². The molecule has 0 fully saturated rings. The van der Waals surface area contributed by atoms with Gasteiger partial charge in [-0.05, 0) is 70.9 Å². The molecule has 254 valence electrons. The monoisotopic (exact) mass is 753 g/mol. The van der Waals surface area contributed by atoms with Crippen molar-refractivity contribution in [1.82, 2.24) is 19.4 Å². The summed E-state index contributed by atoms with van der Waals surface area (Å²) < 4.78 is 66.4. The van der Waals surface area contributed by atoms with Crippen molar-refractivity contribution in [1.29, 1.82) is 0 Å². The molecule has 0 saturated heterocycles. The van der Waals surface area contributed by atoms with Crippen LogP contribution in [0, 0.1) is 5.82 Å². The van der Waals surface area contributed by atoms with Gasteiger partial charge >= 0.3 is 11.9 Å². The van der Waals surface area contributed by atoms with Crippen molar-refractivity contribution in [3.8, 4) is 17.2 Å². The van der Waals surface area contributed by atoms with Crippen LogP contribution in [-0.4, -0.2) is 51.3 Å². The number of nitrogens with two attached hydrogens (primary N) is 1. The van der Waals surface area contributed by atoms with Gasteiger partial charge in [0.2, 0.25) is 0 Å². The average molecular weight is 755 g/mol. The van der Waals surface area contributed by atoms with Gasteiger partial charge in [0.25, 0.3) is 11.8 Å². The maximum Gasteiger partial charge on any atom is 0.422 e. The van der Waals surface area contributed by atoms with Gasteiger partial charge in [0, 0.05) is 48.8 Å². The van der Waals surface area contributed by atoms with E-state index in [1.807, 2.05) is 23.1 Å². The van der Waals surface area contributed by atoms with Crippen molar-refractivity contribution >= 4 is 39.3 Å². The molecule has 5 rings (SSSR count). The molecule has 16 heteroatoms. The first-order valence-electron chi connectivity index (χ1n) is 14.5. The van der Waals surface area contributed by atoms with Crippen LogP contribution in [0.5, 0.6) is 11.5 Å². The van der Waals surface area contributed by atoms with Crippen LogP contribution in [0.2, 0.25) is 5.02 Å². The van der Waals surface area contributed by atoms with Gasteiger partial charge in [-0.1, -0.05) is 23.7 Å². The number of hydrogen-bond donors (Lipinski definition) is 2. The van der Waals surface area contributed by atoms with Crippen molar-refractivity contribution in [2.24, 2.45) is 5.73 Å². The average Bonchev–Trinajstić information content (AvgIpc) is 3.32. The Hall–Kier alpha value is -4.34. The summed E-state index contributed by atoms with van der Waals surface area (Å²) in [5, 5.41) is 3.21. The maximum absolute atomic E-state index is 15.0. The third-order valence-electron chi connectivity index (χ3n) is 7.54. The fraction of sp³-hybridized carbons (Fsp3) is 0.281. The number of nitrogens with one attached hydrogen (secondary N) is 1. The molecule has 3 aromatic carbocycles. The molecule has 0 radical (unpaired) electrons. The van der Waals surface area contributed by atoms with E-state index in [2.05, 4.69) is 21.2 Å². The number of carbonyl (C=O) groups is 2. The zero-order valence-electron chi connectivity index (χ0n) is 25.3. The number of halogens is 6. The molecule has 48 heavy (non-hydrogen) atoms. The summed E-state index contributed by atoms with van der Waals surface area (Å²) in [5.41, 5.74) is 6.28. The summed E-state index contributed by atoms with van der Waals surface area (Å²) in [6, 6.07) is 14.7. The summed E-state index contributed by atoms with van der Waals surface area (Å²) in [7, 11) is 0. The smallest absolute Gasteiger partial charge is 0.422 e. The zero-order valence-corrected chi connectivity index (χ0v) is 27.7. The number of hydrogen-bond acceptors (Lipinski definition) is 6. The quantitative estimate of drug-likeness (QED) is 0.200. The largest absolute Gasteiger partial charge is 0.484 e. The molecule has 0 bridgehead atoms. The summed E-state index contributed by atoms with van der Waals surface area (Å²) in [6.45, 7) is 1.05. The maximum atomic E-state index is 15.0. The van der Waals surface area contributed by atoms with E-state index >= 15 is 0 Å². The van der Waals surface area contributed by atoms with E-state index in [9.17, 15) is 31.9 Å². The Balaban J connectivity index is 1.44. The van der Waals surface area contributed by atoms with Crippen LogP contribution in [0.3, 0.4) is 0 Å². The van der Waals surface area contributed by atoms with Gasteiger partial charge in [0.15, 0.2) is 12.7 Å². The fourth-order valence-electron chi connectivity index (χ4n) is 5.14. The first kappa shape index (κ1) is 35.0. The first-order chi connectivity index (χ1) is 22.7. The molecule has 4 aromatic rings. The molecular weight excluding hydrogens is 726 g/mol. The first-order valence-corrected chi connectivity index (χ1v) is 15.7. The predicted molar refractivity (Wildman–Crippen MR) is 172 cm³/mol. The Kier molecular flexibility index (Phi) is 10.5. The zero-order chi connectivity index (χ0) is 34.7. The van der Waals surface area contributed by atoms with Crippen LogP contribution in [-0.2, 0) is 31.0 Å². The highest BCUT2D eigenvalue weighted by molar-refractivity contribution is 9.10. The second-order valence-electron chi connectivity index (χ2n) is 11.0. The van der Waals surface area contributed by atoms with Crippen molar-refractivity contribution in [2.45, 2.75) is 45.4 Å². The number of ether oxygens (including phenoxy) is 2. The van der Waals surface area contributed by atoms with Crippen molar-refractivity contribution in [3.05, 3.63) is 109 Å². The van der Waals surface area contributed by atoms with Gasteiger partial charge in [0.1, 0.15) is 23.0 Å². The van der Waals surface area contributed by atoms with Crippen LogP contribution in [0.15, 0.2) is 69.9 Å². The lowest BCUT2D eigenvalue weighted by Crippen LogP contribution is -2.37. The highest BCUT2D eigenvalue weighted by Crippen LogP contribution is 2.27. The third-order valence-corrected chi connectivity index (χ3v) is 8.77. The Morgan fingerprint density at radius 1 is 1.06 bits per heavy atom. The SMILES string of the molecule is C[C@@H](Oc1ccc(CNC(=O)c2c3n(c(=O)n2-c2ccc(OCC(F)(F)F)cc2)CCN(Cc2ccc(Br)c(Cl)c2)C3)c(F)c1)C(N)=O. The Labute approximate surface area is 285 Å². The Bertz CT molecular complexity index is 1900. The van der Waals surface area contributed by atoms with E-state index in [4.69, 9.17) is 26.8 Å². The molecule has 1 atom stereocenters. The van der Waals surface area contributed by atoms with E-state index in [1.165, 1.54) is 52.5 Å². The highest BCUT2D eigenvalue weighted by Gasteiger charge is 2.31. The number of nitrogens with zero attached hydrogens (tertiary/aromatic N) is 3. The summed E-state index contributed by atoms with van der Waals surface area (Å²) in [6.07, 6.45) is -5.52. The minimum absolute atomic E-state index is 0.0156. The molecular formula is C32H29BrClF4N5O5. The second-order valence-corrected chi connectivity index (χ2v) is 12.3. The standard InChI is InChI=1S/C32H29BrClF4N5O5/c1-18(29(39)44)48-23-6-3-20(26(35)13-23)14-40-30(45)28-27-16-41(15-19-2-9-24(33)25(34)12-19)10-11-42(27)31(46)43(28)21-4-7-22(8-5-21)47-17-32(36,37)38/h2-9,12-13,18H,10-11,14-17H2,1H3,(H2,39,44)(H,40,45)/t18-/m1/s1. The molecule has 1 aliphatic rings. The van der Waals surface area contributed by atoms with E-state index in [0.29, 0.717) is 23.8 Å². The van der Waals surface area contributed by atoms with E-state index in [1.54, 1.807) is 0 Å². The molecule has 0 aliphatic carbocycles. The molecule has 0 saturated carbocycles. The summed E-state index contributed by atoms with van der Waals surface area (Å²) >= 11 is 9.65. The van der Waals surface area contributed by atoms with Crippen molar-refractivity contribution in [2.75, 3.05) is 13.2 Å². The van der Waals surface area contributed by atoms with Crippen molar-refractivity contribution < 1.29 is 36.6 Å². The molecule has 0 unspecified atom stereocenters. The van der Waals surface area contributed by atoms with E-state index in [0.717, 1.165) is 16.1 Å². The van der Waals surface area contributed by atoms with E-state index in [-0.39, 0.29) is 48.1 Å². The van der Waals surface area contributed by atoms with Crippen LogP contribution < -0.4 is 26.2 Å². The molecule has 2 heterocycles. The number of imidazole rings is 1. The number of carbonyl (C=O) groups excluding carboxylic acids is 2. The third kappa shape index (κ3) is 8.20. The lowest BCUT2D eigenvalue weighted by Gasteiger charge is -2.28. The van der Waals surface area contributed by atoms with Crippen molar-refractivity contribution in [3.63, 3.8) is 0 Å². The summed E-state index contributed by atoms with van der Waals surface area (Å²) in [5.74, 6) is -2.13. The molecule has 10 nitrogen and oxygen atoms in total. The van der Waals surface area contributed by atoms with Crippen LogP contribution in [0.1, 0.15) is 34.2 Å². The number of primary amides is 1. The number of aromatic nitrogens is 2. The van der Waals surface area contributed by atoms with Gasteiger partial charge < -0.3 is 20.5 Å². The van der Waals surface area contributed by atoms with Gasteiger partial charge in [-0.15, -0.1) is 0 Å². The number of benzene rings is 3. The van der Waals surface area contributed by atoms with Gasteiger partial charge in [-0.25, -0.2) is 9.18 Å². The lowest BCUT2D eigenvalue weighted by molar-refractivity contribution is -0.153. The molecule has 1 aliphatic heterocycles.